The summed E-state index contributed by atoms with van der Waals surface area (Å²) in [5.74, 6) is 0.0723. The van der Waals surface area contributed by atoms with E-state index in [0.29, 0.717) is 0 Å². The van der Waals surface area contributed by atoms with Crippen molar-refractivity contribution in [3.8, 4) is 0 Å². The molecule has 0 aliphatic rings. The van der Waals surface area contributed by atoms with Crippen LogP contribution in [-0.4, -0.2) is 11.2 Å². The molecule has 3 heteroatoms. The average molecular weight is 327 g/mol. The summed E-state index contributed by atoms with van der Waals surface area (Å²) in [6, 6.07) is 14.7. The average Bonchev–Trinajstić information content (AvgIpc) is 2.49. The van der Waals surface area contributed by atoms with E-state index in [1.807, 2.05) is 13.8 Å². The highest BCUT2D eigenvalue weighted by Gasteiger charge is 2.18. The first kappa shape index (κ1) is 17.6. The number of aryl methyl sites for hydroxylation is 3. The lowest BCUT2D eigenvalue weighted by Gasteiger charge is -2.19. The predicted octanol–water partition coefficient (Wildman–Crippen LogP) is 4.97. The van der Waals surface area contributed by atoms with Crippen molar-refractivity contribution in [3.63, 3.8) is 0 Å². The Bertz CT molecular complexity index is 679. The largest absolute Gasteiger partial charge is 0.349 e. The van der Waals surface area contributed by atoms with Gasteiger partial charge >= 0.3 is 0 Å². The van der Waals surface area contributed by atoms with Crippen molar-refractivity contribution in [2.45, 2.75) is 50.8 Å². The molecule has 0 saturated heterocycles. The molecule has 2 atom stereocenters. The van der Waals surface area contributed by atoms with E-state index in [4.69, 9.17) is 0 Å². The summed E-state index contributed by atoms with van der Waals surface area (Å²) in [6.45, 7) is 10.2. The van der Waals surface area contributed by atoms with Gasteiger partial charge in [-0.2, -0.15) is 0 Å². The van der Waals surface area contributed by atoms with Crippen LogP contribution in [-0.2, 0) is 4.79 Å². The van der Waals surface area contributed by atoms with E-state index in [0.717, 1.165) is 4.90 Å². The van der Waals surface area contributed by atoms with E-state index >= 15 is 0 Å². The Morgan fingerprint density at radius 2 is 1.57 bits per heavy atom. The Hall–Kier alpha value is -1.74. The first-order chi connectivity index (χ1) is 10.9. The molecule has 0 fully saturated rings. The molecule has 0 radical (unpaired) electrons. The quantitative estimate of drug-likeness (QED) is 0.786. The Labute approximate surface area is 143 Å². The van der Waals surface area contributed by atoms with Gasteiger partial charge < -0.3 is 5.32 Å². The molecule has 1 N–H and O–H groups in total. The van der Waals surface area contributed by atoms with E-state index in [9.17, 15) is 4.79 Å². The third-order valence-corrected chi connectivity index (χ3v) is 5.07. The zero-order chi connectivity index (χ0) is 17.0. The molecule has 0 aromatic heterocycles. The Morgan fingerprint density at radius 3 is 2.17 bits per heavy atom. The highest BCUT2D eigenvalue weighted by atomic mass is 32.2. The molecule has 0 aliphatic carbocycles. The van der Waals surface area contributed by atoms with Gasteiger partial charge in [-0.15, -0.1) is 11.8 Å². The molecule has 1 amide bonds. The lowest BCUT2D eigenvalue weighted by Crippen LogP contribution is -2.33. The van der Waals surface area contributed by atoms with Crippen LogP contribution in [0.1, 0.15) is 42.1 Å². The van der Waals surface area contributed by atoms with Gasteiger partial charge in [-0.25, -0.2) is 0 Å². The van der Waals surface area contributed by atoms with Crippen LogP contribution in [0.4, 0.5) is 0 Å². The van der Waals surface area contributed by atoms with Crippen molar-refractivity contribution >= 4 is 17.7 Å². The van der Waals surface area contributed by atoms with Gasteiger partial charge in [-0.1, -0.05) is 41.5 Å². The maximum atomic E-state index is 12.4. The summed E-state index contributed by atoms with van der Waals surface area (Å²) < 4.78 is 0. The van der Waals surface area contributed by atoms with E-state index in [2.05, 4.69) is 68.6 Å². The van der Waals surface area contributed by atoms with Crippen LogP contribution in [0.2, 0.25) is 0 Å². The molecule has 2 rings (SSSR count). The third kappa shape index (κ3) is 4.87. The minimum absolute atomic E-state index is 0.0177. The molecular weight excluding hydrogens is 302 g/mol. The van der Waals surface area contributed by atoms with Gasteiger partial charge in [-0.05, 0) is 57.9 Å². The number of amides is 1. The van der Waals surface area contributed by atoms with Gasteiger partial charge in [-0.3, -0.25) is 4.79 Å². The highest BCUT2D eigenvalue weighted by molar-refractivity contribution is 8.00. The first-order valence-electron chi connectivity index (χ1n) is 7.97. The van der Waals surface area contributed by atoms with Crippen LogP contribution in [0.15, 0.2) is 47.4 Å². The Kier molecular flexibility index (Phi) is 5.89. The molecule has 2 aromatic carbocycles. The van der Waals surface area contributed by atoms with Crippen LogP contribution in [0.3, 0.4) is 0 Å². The van der Waals surface area contributed by atoms with E-state index in [1.54, 1.807) is 11.8 Å². The molecule has 0 spiro atoms. The fourth-order valence-corrected chi connectivity index (χ4v) is 3.47. The third-order valence-electron chi connectivity index (χ3n) is 3.95. The van der Waals surface area contributed by atoms with Crippen LogP contribution in [0.25, 0.3) is 0 Å². The van der Waals surface area contributed by atoms with Gasteiger partial charge in [0.2, 0.25) is 5.91 Å². The lowest BCUT2D eigenvalue weighted by molar-refractivity contribution is -0.120. The van der Waals surface area contributed by atoms with Gasteiger partial charge in [0.05, 0.1) is 11.3 Å². The molecule has 0 bridgehead atoms. The van der Waals surface area contributed by atoms with Gasteiger partial charge in [0, 0.05) is 4.90 Å². The number of hydrogen-bond donors (Lipinski definition) is 1. The molecule has 0 heterocycles. The zero-order valence-electron chi connectivity index (χ0n) is 14.5. The van der Waals surface area contributed by atoms with Crippen LogP contribution in [0, 0.1) is 20.8 Å². The van der Waals surface area contributed by atoms with Gasteiger partial charge in [0.25, 0.3) is 0 Å². The highest BCUT2D eigenvalue weighted by Crippen LogP contribution is 2.25. The maximum absolute atomic E-state index is 12.4. The summed E-state index contributed by atoms with van der Waals surface area (Å²) in [7, 11) is 0. The summed E-state index contributed by atoms with van der Waals surface area (Å²) in [6.07, 6.45) is 0. The number of rotatable bonds is 5. The number of carbonyl (C=O) groups is 1. The SMILES string of the molecule is Cc1ccc(S[C@@H](C)C(=O)N[C@@H](C)c2ccc(C)cc2C)cc1. The second kappa shape index (κ2) is 7.69. The Morgan fingerprint density at radius 1 is 0.957 bits per heavy atom. The second-order valence-corrected chi connectivity index (χ2v) is 7.58. The minimum Gasteiger partial charge on any atom is -0.349 e. The van der Waals surface area contributed by atoms with Gasteiger partial charge in [0.1, 0.15) is 0 Å². The molecule has 2 aromatic rings. The van der Waals surface area contributed by atoms with Crippen molar-refractivity contribution in [1.82, 2.24) is 5.32 Å². The first-order valence-corrected chi connectivity index (χ1v) is 8.85. The fraction of sp³-hybridized carbons (Fsp3) is 0.350. The number of carbonyl (C=O) groups excluding carboxylic acids is 1. The number of thioether (sulfide) groups is 1. The van der Waals surface area contributed by atoms with Gasteiger partial charge in [0.15, 0.2) is 0 Å². The van der Waals surface area contributed by atoms with E-state index in [-0.39, 0.29) is 17.2 Å². The topological polar surface area (TPSA) is 29.1 Å². The molecule has 0 aliphatic heterocycles. The molecule has 2 nitrogen and oxygen atoms in total. The van der Waals surface area contributed by atoms with Crippen molar-refractivity contribution in [2.24, 2.45) is 0 Å². The van der Waals surface area contributed by atoms with Crippen LogP contribution >= 0.6 is 11.8 Å². The lowest BCUT2D eigenvalue weighted by atomic mass is 10.0. The number of nitrogens with one attached hydrogen (secondary N) is 1. The summed E-state index contributed by atoms with van der Waals surface area (Å²) in [5, 5.41) is 3.01. The molecule has 23 heavy (non-hydrogen) atoms. The number of hydrogen-bond acceptors (Lipinski definition) is 2. The molecular formula is C20H25NOS. The standard InChI is InChI=1S/C20H25NOS/c1-13-6-9-18(10-7-13)23-17(5)20(22)21-16(4)19-11-8-14(2)12-15(19)3/h6-12,16-17H,1-5H3,(H,21,22)/t16-,17-/m0/s1. The molecule has 0 unspecified atom stereocenters. The second-order valence-electron chi connectivity index (χ2n) is 6.16. The van der Waals surface area contributed by atoms with E-state index < -0.39 is 0 Å². The molecule has 122 valence electrons. The summed E-state index contributed by atoms with van der Waals surface area (Å²) in [5.41, 5.74) is 4.87. The van der Waals surface area contributed by atoms with Crippen molar-refractivity contribution in [3.05, 3.63) is 64.7 Å². The zero-order valence-corrected chi connectivity index (χ0v) is 15.3. The smallest absolute Gasteiger partial charge is 0.233 e. The van der Waals surface area contributed by atoms with Crippen LogP contribution < -0.4 is 5.32 Å². The summed E-state index contributed by atoms with van der Waals surface area (Å²) >= 11 is 1.59. The fourth-order valence-electron chi connectivity index (χ4n) is 2.59. The minimum atomic E-state index is -0.120. The van der Waals surface area contributed by atoms with Crippen molar-refractivity contribution in [2.75, 3.05) is 0 Å². The molecule has 0 saturated carbocycles. The Balaban J connectivity index is 1.98. The predicted molar refractivity (Wildman–Crippen MR) is 99.0 cm³/mol. The number of benzene rings is 2. The monoisotopic (exact) mass is 327 g/mol. The van der Waals surface area contributed by atoms with E-state index in [1.165, 1.54) is 22.3 Å². The normalized spacial score (nSPS) is 13.4. The summed E-state index contributed by atoms with van der Waals surface area (Å²) in [4.78, 5) is 13.6. The van der Waals surface area contributed by atoms with Crippen molar-refractivity contribution in [1.29, 1.82) is 0 Å². The van der Waals surface area contributed by atoms with Crippen molar-refractivity contribution < 1.29 is 4.79 Å². The van der Waals surface area contributed by atoms with Crippen LogP contribution in [0.5, 0.6) is 0 Å². The maximum Gasteiger partial charge on any atom is 0.233 e.